The molecule has 1 aliphatic heterocycles. The quantitative estimate of drug-likeness (QED) is 0.892. The monoisotopic (exact) mass is 315 g/mol. The van der Waals surface area contributed by atoms with Gasteiger partial charge in [0.05, 0.1) is 6.10 Å². The van der Waals surface area contributed by atoms with Crippen molar-refractivity contribution in [1.82, 2.24) is 0 Å². The van der Waals surface area contributed by atoms with Gasteiger partial charge in [-0.1, -0.05) is 13.3 Å². The summed E-state index contributed by atoms with van der Waals surface area (Å²) in [7, 11) is 0. The highest BCUT2D eigenvalue weighted by Gasteiger charge is 2.22. The molecule has 1 aliphatic rings. The number of ether oxygens (including phenoxy) is 1. The number of hydrogen-bond donors (Lipinski definition) is 1. The zero-order valence-corrected chi connectivity index (χ0v) is 12.2. The molecular weight excluding hydrogens is 297 g/mol. The van der Waals surface area contributed by atoms with E-state index in [0.717, 1.165) is 42.5 Å². The first-order chi connectivity index (χ1) is 8.69. The zero-order chi connectivity index (χ0) is 13.0. The smallest absolute Gasteiger partial charge is 0.124 e. The minimum Gasteiger partial charge on any atom is -0.381 e. The Kier molecular flexibility index (Phi) is 5.01. The molecule has 2 rings (SSSR count). The van der Waals surface area contributed by atoms with Crippen LogP contribution in [-0.4, -0.2) is 18.8 Å². The van der Waals surface area contributed by atoms with Crippen molar-refractivity contribution in [2.75, 3.05) is 11.9 Å². The van der Waals surface area contributed by atoms with Crippen molar-refractivity contribution < 1.29 is 9.13 Å². The lowest BCUT2D eigenvalue weighted by Gasteiger charge is -2.31. The van der Waals surface area contributed by atoms with E-state index in [1.807, 2.05) is 0 Å². The minimum atomic E-state index is -0.219. The Hall–Kier alpha value is -0.610. The standard InChI is InChI=1S/C14H19BrFNO/c1-2-3-12-9-11(6-7-18-12)17-14-5-4-10(16)8-13(14)15/h4-5,8,11-12,17H,2-3,6-7,9H2,1H3. The Morgan fingerprint density at radius 3 is 3.06 bits per heavy atom. The Morgan fingerprint density at radius 1 is 1.50 bits per heavy atom. The van der Waals surface area contributed by atoms with E-state index in [2.05, 4.69) is 28.2 Å². The molecule has 0 aromatic heterocycles. The lowest BCUT2D eigenvalue weighted by Crippen LogP contribution is -2.34. The van der Waals surface area contributed by atoms with E-state index in [1.54, 1.807) is 6.07 Å². The second-order valence-electron chi connectivity index (χ2n) is 4.77. The molecule has 1 fully saturated rings. The molecule has 0 spiro atoms. The number of benzene rings is 1. The number of anilines is 1. The highest BCUT2D eigenvalue weighted by Crippen LogP contribution is 2.27. The predicted octanol–water partition coefficient (Wildman–Crippen LogP) is 4.35. The van der Waals surface area contributed by atoms with E-state index >= 15 is 0 Å². The molecule has 18 heavy (non-hydrogen) atoms. The van der Waals surface area contributed by atoms with Gasteiger partial charge in [-0.05, 0) is 53.4 Å². The van der Waals surface area contributed by atoms with Crippen LogP contribution in [0.4, 0.5) is 10.1 Å². The number of nitrogens with one attached hydrogen (secondary N) is 1. The van der Waals surface area contributed by atoms with E-state index in [-0.39, 0.29) is 5.82 Å². The fourth-order valence-electron chi connectivity index (χ4n) is 2.36. The molecule has 0 aliphatic carbocycles. The van der Waals surface area contributed by atoms with Gasteiger partial charge in [-0.2, -0.15) is 0 Å². The molecule has 0 amide bonds. The van der Waals surface area contributed by atoms with Gasteiger partial charge >= 0.3 is 0 Å². The van der Waals surface area contributed by atoms with Gasteiger partial charge < -0.3 is 10.1 Å². The fraction of sp³-hybridized carbons (Fsp3) is 0.571. The summed E-state index contributed by atoms with van der Waals surface area (Å²) in [5, 5.41) is 3.47. The van der Waals surface area contributed by atoms with E-state index in [9.17, 15) is 4.39 Å². The highest BCUT2D eigenvalue weighted by atomic mass is 79.9. The molecule has 0 radical (unpaired) electrons. The van der Waals surface area contributed by atoms with Crippen molar-refractivity contribution in [3.63, 3.8) is 0 Å². The third kappa shape index (κ3) is 3.69. The first-order valence-electron chi connectivity index (χ1n) is 6.52. The Bertz CT molecular complexity index is 397. The van der Waals surface area contributed by atoms with E-state index in [1.165, 1.54) is 12.1 Å². The molecule has 2 nitrogen and oxygen atoms in total. The average Bonchev–Trinajstić information content (AvgIpc) is 2.34. The van der Waals surface area contributed by atoms with E-state index in [4.69, 9.17) is 4.74 Å². The molecule has 1 aromatic rings. The SMILES string of the molecule is CCCC1CC(Nc2ccc(F)cc2Br)CCO1. The van der Waals surface area contributed by atoms with Crippen molar-refractivity contribution in [2.45, 2.75) is 44.8 Å². The number of rotatable bonds is 4. The Labute approximate surface area is 116 Å². The molecule has 1 aromatic carbocycles. The van der Waals surface area contributed by atoms with Gasteiger partial charge in [0.15, 0.2) is 0 Å². The van der Waals surface area contributed by atoms with Crippen molar-refractivity contribution in [3.05, 3.63) is 28.5 Å². The molecule has 2 atom stereocenters. The maximum Gasteiger partial charge on any atom is 0.124 e. The summed E-state index contributed by atoms with van der Waals surface area (Å²) in [5.74, 6) is -0.219. The predicted molar refractivity (Wildman–Crippen MR) is 75.4 cm³/mol. The summed E-state index contributed by atoms with van der Waals surface area (Å²) < 4.78 is 19.5. The summed E-state index contributed by atoms with van der Waals surface area (Å²) >= 11 is 3.39. The molecule has 4 heteroatoms. The second-order valence-corrected chi connectivity index (χ2v) is 5.63. The van der Waals surface area contributed by atoms with Crippen LogP contribution in [0.1, 0.15) is 32.6 Å². The highest BCUT2D eigenvalue weighted by molar-refractivity contribution is 9.10. The first kappa shape index (κ1) is 13.8. The van der Waals surface area contributed by atoms with E-state index < -0.39 is 0 Å². The van der Waals surface area contributed by atoms with Gasteiger partial charge in [0.25, 0.3) is 0 Å². The van der Waals surface area contributed by atoms with Crippen LogP contribution < -0.4 is 5.32 Å². The summed E-state index contributed by atoms with van der Waals surface area (Å²) in [6, 6.07) is 5.17. The van der Waals surface area contributed by atoms with Crippen molar-refractivity contribution in [2.24, 2.45) is 0 Å². The third-order valence-electron chi connectivity index (χ3n) is 3.27. The van der Waals surface area contributed by atoms with Gasteiger partial charge in [-0.15, -0.1) is 0 Å². The van der Waals surface area contributed by atoms with Crippen LogP contribution in [0, 0.1) is 5.82 Å². The minimum absolute atomic E-state index is 0.219. The van der Waals surface area contributed by atoms with Crippen LogP contribution in [0.15, 0.2) is 22.7 Å². The van der Waals surface area contributed by atoms with Gasteiger partial charge in [0.2, 0.25) is 0 Å². The molecule has 2 unspecified atom stereocenters. The lowest BCUT2D eigenvalue weighted by molar-refractivity contribution is 0.00597. The van der Waals surface area contributed by atoms with Gasteiger partial charge in [-0.25, -0.2) is 4.39 Å². The fourth-order valence-corrected chi connectivity index (χ4v) is 2.83. The second kappa shape index (κ2) is 6.53. The summed E-state index contributed by atoms with van der Waals surface area (Å²) in [5.41, 5.74) is 0.957. The van der Waals surface area contributed by atoms with Crippen molar-refractivity contribution in [1.29, 1.82) is 0 Å². The maximum atomic E-state index is 13.0. The number of halogens is 2. The Morgan fingerprint density at radius 2 is 2.33 bits per heavy atom. The Balaban J connectivity index is 1.96. The normalized spacial score (nSPS) is 23.9. The van der Waals surface area contributed by atoms with Crippen molar-refractivity contribution >= 4 is 21.6 Å². The maximum absolute atomic E-state index is 13.0. The van der Waals surface area contributed by atoms with Crippen LogP contribution in [0.3, 0.4) is 0 Å². The molecule has 0 saturated carbocycles. The summed E-state index contributed by atoms with van der Waals surface area (Å²) in [4.78, 5) is 0. The summed E-state index contributed by atoms with van der Waals surface area (Å²) in [6.45, 7) is 2.98. The largest absolute Gasteiger partial charge is 0.381 e. The number of hydrogen-bond acceptors (Lipinski definition) is 2. The molecular formula is C14H19BrFNO. The van der Waals surface area contributed by atoms with Crippen LogP contribution in [0.5, 0.6) is 0 Å². The van der Waals surface area contributed by atoms with Gasteiger partial charge in [0.1, 0.15) is 5.82 Å². The lowest BCUT2D eigenvalue weighted by atomic mass is 10.00. The van der Waals surface area contributed by atoms with Crippen LogP contribution in [-0.2, 0) is 4.74 Å². The summed E-state index contributed by atoms with van der Waals surface area (Å²) in [6.07, 6.45) is 4.66. The molecule has 0 bridgehead atoms. The van der Waals surface area contributed by atoms with Crippen molar-refractivity contribution in [3.8, 4) is 0 Å². The zero-order valence-electron chi connectivity index (χ0n) is 10.6. The van der Waals surface area contributed by atoms with Gasteiger partial charge in [0, 0.05) is 22.8 Å². The van der Waals surface area contributed by atoms with Crippen LogP contribution in [0.2, 0.25) is 0 Å². The van der Waals surface area contributed by atoms with Crippen LogP contribution in [0.25, 0.3) is 0 Å². The first-order valence-corrected chi connectivity index (χ1v) is 7.31. The molecule has 100 valence electrons. The van der Waals surface area contributed by atoms with Crippen LogP contribution >= 0.6 is 15.9 Å². The average molecular weight is 316 g/mol. The topological polar surface area (TPSA) is 21.3 Å². The van der Waals surface area contributed by atoms with Gasteiger partial charge in [-0.3, -0.25) is 0 Å². The van der Waals surface area contributed by atoms with E-state index in [0.29, 0.717) is 12.1 Å². The molecule has 1 saturated heterocycles. The molecule has 1 N–H and O–H groups in total. The molecule has 1 heterocycles. The third-order valence-corrected chi connectivity index (χ3v) is 3.92.